The summed E-state index contributed by atoms with van der Waals surface area (Å²) in [6, 6.07) is 5.97. The van der Waals surface area contributed by atoms with Crippen LogP contribution in [0.2, 0.25) is 0 Å². The Kier molecular flexibility index (Phi) is 6.79. The van der Waals surface area contributed by atoms with E-state index >= 15 is 0 Å². The fourth-order valence-electron chi connectivity index (χ4n) is 5.29. The molecule has 1 aromatic carbocycles. The highest BCUT2D eigenvalue weighted by Gasteiger charge is 2.31. The van der Waals surface area contributed by atoms with Crippen LogP contribution in [0.3, 0.4) is 0 Å². The predicted molar refractivity (Wildman–Crippen MR) is 144 cm³/mol. The maximum Gasteiger partial charge on any atom is 0.259 e. The van der Waals surface area contributed by atoms with Gasteiger partial charge in [-0.25, -0.2) is 9.50 Å². The van der Waals surface area contributed by atoms with Crippen molar-refractivity contribution in [2.75, 3.05) is 23.3 Å². The first kappa shape index (κ1) is 24.4. The van der Waals surface area contributed by atoms with E-state index in [-0.39, 0.29) is 23.7 Å². The Labute approximate surface area is 215 Å². The van der Waals surface area contributed by atoms with Crippen LogP contribution in [0.5, 0.6) is 0 Å². The van der Waals surface area contributed by atoms with Gasteiger partial charge in [0.15, 0.2) is 11.5 Å². The SMILES string of the molecule is CCCN1Cc2cc(-c3ccn4nc(N)c(C(=O)NC5CCC(C)CC5)c4n3)cc(NSC)c2C1=O. The number of hydrogen-bond acceptors (Lipinski definition) is 7. The first-order valence-corrected chi connectivity index (χ1v) is 13.8. The Bertz CT molecular complexity index is 1310. The van der Waals surface area contributed by atoms with E-state index in [1.54, 1.807) is 10.7 Å². The molecule has 3 aromatic rings. The van der Waals surface area contributed by atoms with Gasteiger partial charge < -0.3 is 20.7 Å². The van der Waals surface area contributed by atoms with E-state index in [1.165, 1.54) is 11.9 Å². The third kappa shape index (κ3) is 4.50. The van der Waals surface area contributed by atoms with E-state index in [9.17, 15) is 9.59 Å². The monoisotopic (exact) mass is 507 g/mol. The number of aromatic nitrogens is 3. The summed E-state index contributed by atoms with van der Waals surface area (Å²) in [7, 11) is 0. The zero-order chi connectivity index (χ0) is 25.4. The first-order chi connectivity index (χ1) is 17.4. The van der Waals surface area contributed by atoms with Crippen LogP contribution in [0.25, 0.3) is 16.9 Å². The van der Waals surface area contributed by atoms with Crippen molar-refractivity contribution in [1.29, 1.82) is 0 Å². The number of nitrogen functional groups attached to an aromatic ring is 1. The molecule has 0 unspecified atom stereocenters. The molecular weight excluding hydrogens is 474 g/mol. The van der Waals surface area contributed by atoms with Gasteiger partial charge in [0.25, 0.3) is 11.8 Å². The molecule has 1 aliphatic heterocycles. The number of anilines is 2. The number of nitrogens with zero attached hydrogens (tertiary/aromatic N) is 4. The van der Waals surface area contributed by atoms with Gasteiger partial charge in [-0.05, 0) is 61.8 Å². The zero-order valence-electron chi connectivity index (χ0n) is 21.0. The van der Waals surface area contributed by atoms with Crippen LogP contribution < -0.4 is 15.8 Å². The Morgan fingerprint density at radius 3 is 2.75 bits per heavy atom. The van der Waals surface area contributed by atoms with Gasteiger partial charge in [0.05, 0.1) is 16.9 Å². The summed E-state index contributed by atoms with van der Waals surface area (Å²) in [5.41, 5.74) is 10.9. The number of nitrogens with one attached hydrogen (secondary N) is 2. The van der Waals surface area contributed by atoms with E-state index < -0.39 is 0 Å². The number of rotatable bonds is 7. The summed E-state index contributed by atoms with van der Waals surface area (Å²) in [5, 5.41) is 7.47. The Hall–Kier alpha value is -3.27. The second-order valence-electron chi connectivity index (χ2n) is 9.86. The number of nitrogens with two attached hydrogens (primary N) is 1. The molecule has 5 rings (SSSR count). The molecule has 10 heteroatoms. The van der Waals surface area contributed by atoms with Gasteiger partial charge in [-0.15, -0.1) is 5.10 Å². The Morgan fingerprint density at radius 2 is 2.03 bits per heavy atom. The van der Waals surface area contributed by atoms with Crippen LogP contribution in [0.15, 0.2) is 24.4 Å². The molecule has 0 radical (unpaired) electrons. The molecule has 36 heavy (non-hydrogen) atoms. The van der Waals surface area contributed by atoms with Crippen molar-refractivity contribution in [2.24, 2.45) is 5.92 Å². The molecule has 2 aromatic heterocycles. The minimum atomic E-state index is -0.230. The smallest absolute Gasteiger partial charge is 0.259 e. The third-order valence-corrected chi connectivity index (χ3v) is 7.60. The van der Waals surface area contributed by atoms with Crippen LogP contribution in [0.4, 0.5) is 11.5 Å². The highest BCUT2D eigenvalue weighted by atomic mass is 32.2. The van der Waals surface area contributed by atoms with Gasteiger partial charge in [0.2, 0.25) is 0 Å². The molecule has 2 aliphatic rings. The largest absolute Gasteiger partial charge is 0.381 e. The minimum Gasteiger partial charge on any atom is -0.381 e. The first-order valence-electron chi connectivity index (χ1n) is 12.6. The number of carbonyl (C=O) groups is 2. The average Bonchev–Trinajstić information content (AvgIpc) is 3.36. The lowest BCUT2D eigenvalue weighted by Gasteiger charge is -2.26. The molecule has 3 heterocycles. The topological polar surface area (TPSA) is 118 Å². The molecule has 190 valence electrons. The van der Waals surface area contributed by atoms with Gasteiger partial charge in [-0.2, -0.15) is 0 Å². The highest BCUT2D eigenvalue weighted by molar-refractivity contribution is 7.99. The fourth-order valence-corrected chi connectivity index (χ4v) is 5.67. The summed E-state index contributed by atoms with van der Waals surface area (Å²) in [4.78, 5) is 32.9. The second kappa shape index (κ2) is 10.0. The number of benzene rings is 1. The molecule has 4 N–H and O–H groups in total. The molecule has 0 saturated heterocycles. The second-order valence-corrected chi connectivity index (χ2v) is 10.5. The van der Waals surface area contributed by atoms with Crippen LogP contribution in [-0.2, 0) is 6.54 Å². The van der Waals surface area contributed by atoms with Gasteiger partial charge in [-0.3, -0.25) is 9.59 Å². The van der Waals surface area contributed by atoms with Crippen molar-refractivity contribution in [3.05, 3.63) is 41.1 Å². The van der Waals surface area contributed by atoms with Gasteiger partial charge in [-0.1, -0.05) is 25.8 Å². The molecule has 0 bridgehead atoms. The molecule has 9 nitrogen and oxygen atoms in total. The highest BCUT2D eigenvalue weighted by Crippen LogP contribution is 2.35. The Morgan fingerprint density at radius 1 is 1.25 bits per heavy atom. The third-order valence-electron chi connectivity index (χ3n) is 7.17. The van der Waals surface area contributed by atoms with Gasteiger partial charge >= 0.3 is 0 Å². The minimum absolute atomic E-state index is 0.0537. The van der Waals surface area contributed by atoms with Crippen LogP contribution >= 0.6 is 11.9 Å². The van der Waals surface area contributed by atoms with Gasteiger partial charge in [0, 0.05) is 37.1 Å². The quantitative estimate of drug-likeness (QED) is 0.407. The van der Waals surface area contributed by atoms with Crippen molar-refractivity contribution in [2.45, 2.75) is 58.5 Å². The Balaban J connectivity index is 1.50. The summed E-state index contributed by atoms with van der Waals surface area (Å²) in [6.45, 7) is 5.62. The molecule has 1 saturated carbocycles. The summed E-state index contributed by atoms with van der Waals surface area (Å²) >= 11 is 1.45. The zero-order valence-corrected chi connectivity index (χ0v) is 21.8. The summed E-state index contributed by atoms with van der Waals surface area (Å²) < 4.78 is 4.82. The number of fused-ring (bicyclic) bond motifs is 2. The van der Waals surface area contributed by atoms with E-state index in [1.807, 2.05) is 29.4 Å². The van der Waals surface area contributed by atoms with E-state index in [0.717, 1.165) is 61.0 Å². The maximum absolute atomic E-state index is 13.2. The van der Waals surface area contributed by atoms with E-state index in [0.29, 0.717) is 29.4 Å². The number of amides is 2. The van der Waals surface area contributed by atoms with Crippen molar-refractivity contribution in [1.82, 2.24) is 24.8 Å². The van der Waals surface area contributed by atoms with Crippen LogP contribution in [0, 0.1) is 5.92 Å². The average molecular weight is 508 g/mol. The van der Waals surface area contributed by atoms with Crippen LogP contribution in [-0.4, -0.2) is 50.2 Å². The number of hydrogen-bond donors (Lipinski definition) is 3. The normalized spacial score (nSPS) is 19.5. The van der Waals surface area contributed by atoms with Crippen molar-refractivity contribution < 1.29 is 9.59 Å². The molecule has 0 spiro atoms. The molecule has 1 aliphatic carbocycles. The lowest BCUT2D eigenvalue weighted by molar-refractivity contribution is 0.0779. The summed E-state index contributed by atoms with van der Waals surface area (Å²) in [6.07, 6.45) is 8.78. The summed E-state index contributed by atoms with van der Waals surface area (Å²) in [5.74, 6) is 0.691. The van der Waals surface area contributed by atoms with E-state index in [4.69, 9.17) is 10.7 Å². The van der Waals surface area contributed by atoms with Crippen LogP contribution in [0.1, 0.15) is 72.2 Å². The van der Waals surface area contributed by atoms with E-state index in [2.05, 4.69) is 29.0 Å². The lowest BCUT2D eigenvalue weighted by atomic mass is 9.87. The molecule has 2 amide bonds. The van der Waals surface area contributed by atoms with Crippen molar-refractivity contribution >= 4 is 40.9 Å². The molecule has 1 fully saturated rings. The molecule has 0 atom stereocenters. The standard InChI is InChI=1S/C26H33N7O2S/c1-4-10-32-14-17-12-16(13-20(31-36-3)21(17)26(32)35)19-9-11-33-24(29-19)22(23(27)30-33)25(34)28-18-7-5-15(2)6-8-18/h9,11-13,15,18,31H,4-8,10,14H2,1-3H3,(H2,27,30)(H,28,34). The number of carbonyl (C=O) groups excluding carboxylic acids is 2. The fraction of sp³-hybridized carbons (Fsp3) is 0.462. The maximum atomic E-state index is 13.2. The van der Waals surface area contributed by atoms with Crippen molar-refractivity contribution in [3.63, 3.8) is 0 Å². The van der Waals surface area contributed by atoms with Crippen molar-refractivity contribution in [3.8, 4) is 11.3 Å². The predicted octanol–water partition coefficient (Wildman–Crippen LogP) is 4.34. The lowest BCUT2D eigenvalue weighted by Crippen LogP contribution is -2.37. The van der Waals surface area contributed by atoms with Gasteiger partial charge in [0.1, 0.15) is 5.56 Å². The molecular formula is C26H33N7O2S.